The van der Waals surface area contributed by atoms with Crippen molar-refractivity contribution in [2.45, 2.75) is 41.0 Å². The van der Waals surface area contributed by atoms with Crippen LogP contribution in [0.3, 0.4) is 0 Å². The third-order valence-electron chi connectivity index (χ3n) is 2.83. The monoisotopic (exact) mass is 312 g/mol. The lowest BCUT2D eigenvalue weighted by atomic mass is 10.1. The van der Waals surface area contributed by atoms with Gasteiger partial charge in [0.1, 0.15) is 10.7 Å². The Labute approximate surface area is 131 Å². The van der Waals surface area contributed by atoms with Gasteiger partial charge in [-0.2, -0.15) is 0 Å². The number of rotatable bonds is 8. The van der Waals surface area contributed by atoms with Gasteiger partial charge >= 0.3 is 0 Å². The zero-order valence-corrected chi connectivity index (χ0v) is 14.6. The maximum absolute atomic E-state index is 12.7. The van der Waals surface area contributed by atoms with Gasteiger partial charge in [-0.3, -0.25) is 4.79 Å². The predicted molar refractivity (Wildman–Crippen MR) is 90.9 cm³/mol. The first-order valence-corrected chi connectivity index (χ1v) is 8.46. The second kappa shape index (κ2) is 8.22. The molecule has 1 aromatic rings. The number of carbonyl (C=O) groups excluding carboxylic acids is 1. The average Bonchev–Trinajstić information content (AvgIpc) is 2.74. The smallest absolute Gasteiger partial charge is 0.267 e. The van der Waals surface area contributed by atoms with Gasteiger partial charge in [-0.1, -0.05) is 46.0 Å². The number of thiazole rings is 1. The molecule has 0 unspecified atom stereocenters. The molecule has 0 aliphatic carbocycles. The molecule has 1 aromatic heterocycles. The Morgan fingerprint density at radius 3 is 2.33 bits per heavy atom. The van der Waals surface area contributed by atoms with Crippen LogP contribution in [-0.4, -0.2) is 35.4 Å². The summed E-state index contributed by atoms with van der Waals surface area (Å²) < 4.78 is 0. The number of hydrogen-bond donors (Lipinski definition) is 2. The van der Waals surface area contributed by atoms with Gasteiger partial charge in [0.15, 0.2) is 5.13 Å². The van der Waals surface area contributed by atoms with Crippen LogP contribution in [-0.2, 0) is 0 Å². The van der Waals surface area contributed by atoms with Crippen molar-refractivity contribution in [2.75, 3.05) is 30.7 Å². The molecular weight excluding hydrogens is 284 g/mol. The molecule has 1 rings (SSSR count). The summed E-state index contributed by atoms with van der Waals surface area (Å²) in [6.07, 6.45) is 1.01. The molecule has 120 valence electrons. The molecule has 5 nitrogen and oxygen atoms in total. The number of amides is 1. The Hall–Kier alpha value is -1.30. The van der Waals surface area contributed by atoms with Crippen molar-refractivity contribution in [3.8, 4) is 0 Å². The molecule has 1 heterocycles. The fraction of sp³-hybridized carbons (Fsp3) is 0.733. The van der Waals surface area contributed by atoms with Crippen LogP contribution in [0.15, 0.2) is 0 Å². The molecule has 1 amide bonds. The first-order valence-electron chi connectivity index (χ1n) is 7.64. The topological polar surface area (TPSA) is 71.2 Å². The van der Waals surface area contributed by atoms with Gasteiger partial charge in [0.2, 0.25) is 0 Å². The first-order chi connectivity index (χ1) is 9.85. The number of aromatic nitrogens is 1. The molecule has 0 saturated carbocycles. The van der Waals surface area contributed by atoms with E-state index in [1.165, 1.54) is 11.3 Å². The highest BCUT2D eigenvalue weighted by atomic mass is 32.1. The average molecular weight is 312 g/mol. The third-order valence-corrected chi connectivity index (χ3v) is 3.85. The number of nitrogens with two attached hydrogens (primary N) is 1. The van der Waals surface area contributed by atoms with Crippen molar-refractivity contribution < 1.29 is 4.79 Å². The number of carbonyl (C=O) groups is 1. The molecule has 6 heteroatoms. The van der Waals surface area contributed by atoms with E-state index in [1.54, 1.807) is 0 Å². The molecule has 21 heavy (non-hydrogen) atoms. The highest BCUT2D eigenvalue weighted by Gasteiger charge is 2.23. The zero-order valence-electron chi connectivity index (χ0n) is 13.8. The van der Waals surface area contributed by atoms with Crippen LogP contribution >= 0.6 is 11.3 Å². The van der Waals surface area contributed by atoms with Crippen LogP contribution in [0, 0.1) is 11.8 Å². The molecule has 0 aromatic carbocycles. The quantitative estimate of drug-likeness (QED) is 0.772. The largest absolute Gasteiger partial charge is 0.382 e. The minimum Gasteiger partial charge on any atom is -0.382 e. The van der Waals surface area contributed by atoms with Gasteiger partial charge in [-0.25, -0.2) is 4.98 Å². The predicted octanol–water partition coefficient (Wildman–Crippen LogP) is 3.30. The third kappa shape index (κ3) is 5.53. The highest BCUT2D eigenvalue weighted by Crippen LogP contribution is 2.27. The lowest BCUT2D eigenvalue weighted by Gasteiger charge is -2.25. The lowest BCUT2D eigenvalue weighted by Crippen LogP contribution is -2.36. The van der Waals surface area contributed by atoms with Crippen LogP contribution < -0.4 is 11.1 Å². The number of hydrogen-bond acceptors (Lipinski definition) is 5. The molecule has 0 aliphatic rings. The molecule has 0 bridgehead atoms. The SMILES string of the molecule is CCCNc1nc(N)c(C(=O)N(CC(C)C)CC(C)C)s1. The minimum atomic E-state index is -0.00283. The van der Waals surface area contributed by atoms with Gasteiger partial charge < -0.3 is 16.0 Å². The van der Waals surface area contributed by atoms with Gasteiger partial charge in [0, 0.05) is 19.6 Å². The summed E-state index contributed by atoms with van der Waals surface area (Å²) in [6.45, 7) is 12.9. The minimum absolute atomic E-state index is 0.00283. The van der Waals surface area contributed by atoms with Crippen LogP contribution in [0.2, 0.25) is 0 Å². The lowest BCUT2D eigenvalue weighted by molar-refractivity contribution is 0.0721. The van der Waals surface area contributed by atoms with E-state index in [2.05, 4.69) is 44.9 Å². The highest BCUT2D eigenvalue weighted by molar-refractivity contribution is 7.18. The second-order valence-electron chi connectivity index (χ2n) is 6.16. The summed E-state index contributed by atoms with van der Waals surface area (Å²) in [5, 5.41) is 3.92. The van der Waals surface area contributed by atoms with Gasteiger partial charge in [0.25, 0.3) is 5.91 Å². The molecule has 0 radical (unpaired) electrons. The van der Waals surface area contributed by atoms with Crippen molar-refractivity contribution in [1.82, 2.24) is 9.88 Å². The maximum Gasteiger partial charge on any atom is 0.267 e. The Bertz CT molecular complexity index is 447. The summed E-state index contributed by atoms with van der Waals surface area (Å²) in [6, 6.07) is 0. The van der Waals surface area contributed by atoms with Crippen molar-refractivity contribution in [1.29, 1.82) is 0 Å². The molecule has 0 aliphatic heterocycles. The van der Waals surface area contributed by atoms with Crippen LogP contribution in [0.4, 0.5) is 10.9 Å². The van der Waals surface area contributed by atoms with E-state index >= 15 is 0 Å². The van der Waals surface area contributed by atoms with Crippen molar-refractivity contribution >= 4 is 28.2 Å². The van der Waals surface area contributed by atoms with Crippen molar-refractivity contribution in [3.63, 3.8) is 0 Å². The first kappa shape index (κ1) is 17.8. The summed E-state index contributed by atoms with van der Waals surface area (Å²) >= 11 is 1.35. The molecular formula is C15H28N4OS. The van der Waals surface area contributed by atoms with E-state index in [0.717, 1.165) is 31.2 Å². The fourth-order valence-electron chi connectivity index (χ4n) is 2.06. The van der Waals surface area contributed by atoms with Crippen LogP contribution in [0.5, 0.6) is 0 Å². The van der Waals surface area contributed by atoms with E-state index in [0.29, 0.717) is 22.5 Å². The van der Waals surface area contributed by atoms with E-state index in [9.17, 15) is 4.79 Å². The van der Waals surface area contributed by atoms with Gasteiger partial charge in [-0.05, 0) is 18.3 Å². The van der Waals surface area contributed by atoms with Crippen molar-refractivity contribution in [2.24, 2.45) is 11.8 Å². The van der Waals surface area contributed by atoms with Crippen LogP contribution in [0.25, 0.3) is 0 Å². The summed E-state index contributed by atoms with van der Waals surface area (Å²) in [5.74, 6) is 1.19. The molecule has 0 atom stereocenters. The Morgan fingerprint density at radius 1 is 1.29 bits per heavy atom. The number of nitrogens with one attached hydrogen (secondary N) is 1. The summed E-state index contributed by atoms with van der Waals surface area (Å²) in [4.78, 5) is 19.4. The Kier molecular flexibility index (Phi) is 6.95. The number of nitrogens with zero attached hydrogens (tertiary/aromatic N) is 2. The normalized spacial score (nSPS) is 11.2. The fourth-order valence-corrected chi connectivity index (χ4v) is 2.94. The maximum atomic E-state index is 12.7. The molecule has 3 N–H and O–H groups in total. The Morgan fingerprint density at radius 2 is 1.86 bits per heavy atom. The van der Waals surface area contributed by atoms with Crippen molar-refractivity contribution in [3.05, 3.63) is 4.88 Å². The second-order valence-corrected chi connectivity index (χ2v) is 7.16. The van der Waals surface area contributed by atoms with Crippen LogP contribution in [0.1, 0.15) is 50.7 Å². The van der Waals surface area contributed by atoms with E-state index in [4.69, 9.17) is 5.73 Å². The molecule has 0 saturated heterocycles. The number of anilines is 2. The summed E-state index contributed by atoms with van der Waals surface area (Å²) in [7, 11) is 0. The Balaban J connectivity index is 2.89. The van der Waals surface area contributed by atoms with E-state index in [1.807, 2.05) is 4.90 Å². The molecule has 0 spiro atoms. The van der Waals surface area contributed by atoms with Gasteiger partial charge in [0.05, 0.1) is 0 Å². The van der Waals surface area contributed by atoms with Gasteiger partial charge in [-0.15, -0.1) is 0 Å². The standard InChI is InChI=1S/C15H28N4OS/c1-6-7-17-15-18-13(16)12(21-15)14(20)19(8-10(2)3)9-11(4)5/h10-11H,6-9,16H2,1-5H3,(H,17,18). The molecule has 0 fully saturated rings. The van der Waals surface area contributed by atoms with E-state index in [-0.39, 0.29) is 5.91 Å². The zero-order chi connectivity index (χ0) is 16.0. The van der Waals surface area contributed by atoms with E-state index < -0.39 is 0 Å². The summed E-state index contributed by atoms with van der Waals surface area (Å²) in [5.41, 5.74) is 5.93. The number of nitrogen functional groups attached to an aromatic ring is 1.